The van der Waals surface area contributed by atoms with E-state index in [4.69, 9.17) is 9.47 Å². The topological polar surface area (TPSA) is 50.8 Å². The molecule has 2 heterocycles. The predicted molar refractivity (Wildman–Crippen MR) is 86.6 cm³/mol. The van der Waals surface area contributed by atoms with E-state index >= 15 is 0 Å². The van der Waals surface area contributed by atoms with E-state index in [1.807, 2.05) is 0 Å². The number of amides is 1. The summed E-state index contributed by atoms with van der Waals surface area (Å²) in [6.07, 6.45) is 3.80. The Bertz CT molecular complexity index is 635. The minimum atomic E-state index is -0.519. The maximum absolute atomic E-state index is 13.8. The van der Waals surface area contributed by atoms with Crippen molar-refractivity contribution in [2.24, 2.45) is 5.92 Å². The second-order valence-electron chi connectivity index (χ2n) is 7.04. The van der Waals surface area contributed by atoms with Gasteiger partial charge in [-0.15, -0.1) is 0 Å². The second-order valence-corrected chi connectivity index (χ2v) is 7.04. The van der Waals surface area contributed by atoms with Gasteiger partial charge in [0.2, 0.25) is 0 Å². The molecular weight excluding hydrogens is 311 g/mol. The van der Waals surface area contributed by atoms with Crippen molar-refractivity contribution in [3.63, 3.8) is 0 Å². The minimum Gasteiger partial charge on any atom is -0.493 e. The summed E-state index contributed by atoms with van der Waals surface area (Å²) >= 11 is 0. The fraction of sp³-hybridized carbons (Fsp3) is 0.611. The lowest BCUT2D eigenvalue weighted by Gasteiger charge is -2.35. The number of nitrogens with one attached hydrogen (secondary N) is 1. The van der Waals surface area contributed by atoms with Crippen LogP contribution in [0.25, 0.3) is 0 Å². The maximum Gasteiger partial charge on any atom is 0.255 e. The van der Waals surface area contributed by atoms with Crippen LogP contribution in [0.5, 0.6) is 5.75 Å². The van der Waals surface area contributed by atoms with E-state index in [9.17, 15) is 9.18 Å². The Morgan fingerprint density at radius 3 is 2.96 bits per heavy atom. The average Bonchev–Trinajstić information content (AvgIpc) is 3.34. The summed E-state index contributed by atoms with van der Waals surface area (Å²) in [6, 6.07) is 4.85. The standard InChI is InChI=1S/C18H23FN2O3/c1-23-17-14(3-2-4-15(17)19)18(22)20-12-7-13-10-24-16(11-5-6-11)9-21(13)8-12/h2-4,11-13,16H,5-10H2,1H3,(H,20,22)/t12-,13-,16+/m0/s1. The van der Waals surface area contributed by atoms with E-state index in [0.29, 0.717) is 12.1 Å². The summed E-state index contributed by atoms with van der Waals surface area (Å²) in [7, 11) is 1.38. The summed E-state index contributed by atoms with van der Waals surface area (Å²) < 4.78 is 24.8. The lowest BCUT2D eigenvalue weighted by atomic mass is 10.1. The number of para-hydroxylation sites is 1. The average molecular weight is 334 g/mol. The number of carbonyl (C=O) groups excluding carboxylic acids is 1. The van der Waals surface area contributed by atoms with E-state index < -0.39 is 5.82 Å². The van der Waals surface area contributed by atoms with Crippen LogP contribution in [0.4, 0.5) is 4.39 Å². The van der Waals surface area contributed by atoms with Gasteiger partial charge in [0.25, 0.3) is 5.91 Å². The SMILES string of the molecule is COc1c(F)cccc1C(=O)N[C@H]1C[C@H]2CO[C@@H](C3CC3)CN2C1. The summed E-state index contributed by atoms with van der Waals surface area (Å²) in [5.41, 5.74) is 0.245. The normalized spacial score (nSPS) is 30.0. The number of hydrogen-bond acceptors (Lipinski definition) is 4. The van der Waals surface area contributed by atoms with Crippen LogP contribution in [0.2, 0.25) is 0 Å². The smallest absolute Gasteiger partial charge is 0.255 e. The Morgan fingerprint density at radius 1 is 1.38 bits per heavy atom. The highest BCUT2D eigenvalue weighted by Gasteiger charge is 2.42. The third-order valence-electron chi connectivity index (χ3n) is 5.34. The lowest BCUT2D eigenvalue weighted by Crippen LogP contribution is -2.47. The third kappa shape index (κ3) is 3.00. The van der Waals surface area contributed by atoms with Crippen molar-refractivity contribution in [1.82, 2.24) is 10.2 Å². The van der Waals surface area contributed by atoms with Gasteiger partial charge in [0.05, 0.1) is 25.4 Å². The fourth-order valence-electron chi connectivity index (χ4n) is 3.92. The largest absolute Gasteiger partial charge is 0.493 e. The van der Waals surface area contributed by atoms with Gasteiger partial charge in [0.1, 0.15) is 0 Å². The monoisotopic (exact) mass is 334 g/mol. The molecular formula is C18H23FN2O3. The molecule has 3 atom stereocenters. The van der Waals surface area contributed by atoms with E-state index in [2.05, 4.69) is 10.2 Å². The molecule has 4 rings (SSSR count). The van der Waals surface area contributed by atoms with Crippen LogP contribution in [0.3, 0.4) is 0 Å². The number of halogens is 1. The van der Waals surface area contributed by atoms with Crippen LogP contribution < -0.4 is 10.1 Å². The number of carbonyl (C=O) groups is 1. The quantitative estimate of drug-likeness (QED) is 0.912. The first kappa shape index (κ1) is 15.8. The number of rotatable bonds is 4. The number of ether oxygens (including phenoxy) is 2. The molecule has 3 aliphatic rings. The second kappa shape index (κ2) is 6.33. The zero-order chi connectivity index (χ0) is 16.7. The summed E-state index contributed by atoms with van der Waals surface area (Å²) in [5.74, 6) is -0.0653. The molecule has 0 aromatic heterocycles. The molecule has 2 saturated heterocycles. The van der Waals surface area contributed by atoms with Crippen LogP contribution in [0.15, 0.2) is 18.2 Å². The highest BCUT2D eigenvalue weighted by atomic mass is 19.1. The number of methoxy groups -OCH3 is 1. The van der Waals surface area contributed by atoms with E-state index in [-0.39, 0.29) is 23.3 Å². The van der Waals surface area contributed by atoms with E-state index in [1.165, 1.54) is 32.1 Å². The molecule has 5 nitrogen and oxygen atoms in total. The molecule has 0 spiro atoms. The van der Waals surface area contributed by atoms with Crippen molar-refractivity contribution >= 4 is 5.91 Å². The van der Waals surface area contributed by atoms with Crippen LogP contribution >= 0.6 is 0 Å². The number of hydrogen-bond donors (Lipinski definition) is 1. The van der Waals surface area contributed by atoms with Gasteiger partial charge in [0.15, 0.2) is 11.6 Å². The van der Waals surface area contributed by atoms with Crippen LogP contribution in [0.1, 0.15) is 29.6 Å². The fourth-order valence-corrected chi connectivity index (χ4v) is 3.92. The number of nitrogens with zero attached hydrogens (tertiary/aromatic N) is 1. The number of morpholine rings is 1. The Morgan fingerprint density at radius 2 is 2.21 bits per heavy atom. The van der Waals surface area contributed by atoms with Crippen LogP contribution in [-0.2, 0) is 4.74 Å². The van der Waals surface area contributed by atoms with Gasteiger partial charge < -0.3 is 14.8 Å². The van der Waals surface area contributed by atoms with Crippen molar-refractivity contribution in [2.75, 3.05) is 26.8 Å². The predicted octanol–water partition coefficient (Wildman–Crippen LogP) is 1.82. The molecule has 1 aromatic rings. The molecule has 1 N–H and O–H groups in total. The molecule has 3 fully saturated rings. The molecule has 24 heavy (non-hydrogen) atoms. The van der Waals surface area contributed by atoms with Gasteiger partial charge in [-0.25, -0.2) is 4.39 Å². The highest BCUT2D eigenvalue weighted by Crippen LogP contribution is 2.38. The molecule has 1 aromatic carbocycles. The number of fused-ring (bicyclic) bond motifs is 1. The van der Waals surface area contributed by atoms with E-state index in [0.717, 1.165) is 32.0 Å². The molecule has 0 unspecified atom stereocenters. The molecule has 1 aliphatic carbocycles. The van der Waals surface area contributed by atoms with Gasteiger partial charge in [-0.2, -0.15) is 0 Å². The maximum atomic E-state index is 13.8. The molecule has 6 heteroatoms. The van der Waals surface area contributed by atoms with Gasteiger partial charge in [-0.1, -0.05) is 6.07 Å². The highest BCUT2D eigenvalue weighted by molar-refractivity contribution is 5.97. The first-order valence-corrected chi connectivity index (χ1v) is 8.64. The van der Waals surface area contributed by atoms with Gasteiger partial charge in [-0.3, -0.25) is 9.69 Å². The van der Waals surface area contributed by atoms with Crippen molar-refractivity contribution in [3.8, 4) is 5.75 Å². The van der Waals surface area contributed by atoms with Crippen LogP contribution in [-0.4, -0.2) is 55.8 Å². The van der Waals surface area contributed by atoms with Gasteiger partial charge in [-0.05, 0) is 37.3 Å². The van der Waals surface area contributed by atoms with Crippen molar-refractivity contribution in [1.29, 1.82) is 0 Å². The summed E-state index contributed by atoms with van der Waals surface area (Å²) in [5, 5.41) is 3.03. The van der Waals surface area contributed by atoms with E-state index in [1.54, 1.807) is 6.07 Å². The summed E-state index contributed by atoms with van der Waals surface area (Å²) in [4.78, 5) is 14.9. The molecule has 0 radical (unpaired) electrons. The van der Waals surface area contributed by atoms with Gasteiger partial charge in [0, 0.05) is 25.2 Å². The first-order valence-electron chi connectivity index (χ1n) is 8.64. The lowest BCUT2D eigenvalue weighted by molar-refractivity contribution is -0.0581. The van der Waals surface area contributed by atoms with Crippen molar-refractivity contribution < 1.29 is 18.7 Å². The number of benzene rings is 1. The van der Waals surface area contributed by atoms with Crippen molar-refractivity contribution in [2.45, 2.75) is 37.5 Å². The zero-order valence-electron chi connectivity index (χ0n) is 13.8. The molecule has 1 saturated carbocycles. The Kier molecular flexibility index (Phi) is 4.18. The Balaban J connectivity index is 1.39. The minimum absolute atomic E-state index is 0.00264. The van der Waals surface area contributed by atoms with Crippen LogP contribution in [0, 0.1) is 11.7 Å². The van der Waals surface area contributed by atoms with Crippen molar-refractivity contribution in [3.05, 3.63) is 29.6 Å². The molecule has 130 valence electrons. The van der Waals surface area contributed by atoms with Gasteiger partial charge >= 0.3 is 0 Å². The Labute approximate surface area is 141 Å². The summed E-state index contributed by atoms with van der Waals surface area (Å²) in [6.45, 7) is 2.54. The molecule has 1 amide bonds. The Hall–Kier alpha value is -1.66. The third-order valence-corrected chi connectivity index (χ3v) is 5.34. The first-order chi connectivity index (χ1) is 11.7. The molecule has 0 bridgehead atoms. The zero-order valence-corrected chi connectivity index (χ0v) is 13.8. The molecule has 2 aliphatic heterocycles.